The van der Waals surface area contributed by atoms with Gasteiger partial charge in [-0.25, -0.2) is 0 Å². The summed E-state index contributed by atoms with van der Waals surface area (Å²) in [6, 6.07) is 4.05. The molecule has 1 aromatic carbocycles. The van der Waals surface area contributed by atoms with E-state index in [1.54, 1.807) is 0 Å². The molecule has 2 fully saturated rings. The van der Waals surface area contributed by atoms with Crippen molar-refractivity contribution in [3.05, 3.63) is 27.7 Å². The number of benzene rings is 1. The van der Waals surface area contributed by atoms with Gasteiger partial charge in [0.25, 0.3) is 0 Å². The van der Waals surface area contributed by atoms with E-state index in [1.807, 2.05) is 12.1 Å². The molecule has 2 saturated carbocycles. The van der Waals surface area contributed by atoms with Gasteiger partial charge in [0.1, 0.15) is 0 Å². The normalized spacial score (nSPS) is 19.5. The molecule has 21 heavy (non-hydrogen) atoms. The van der Waals surface area contributed by atoms with Crippen LogP contribution >= 0.6 is 35.1 Å². The Bertz CT molecular complexity index is 516. The number of carbonyl (C=O) groups is 1. The minimum Gasteiger partial charge on any atom is -0.296 e. The first-order valence-corrected chi connectivity index (χ1v) is 9.18. The molecule has 0 aliphatic heterocycles. The molecule has 1 amide bonds. The summed E-state index contributed by atoms with van der Waals surface area (Å²) in [4.78, 5) is 12.5. The van der Waals surface area contributed by atoms with Crippen LogP contribution in [-0.2, 0) is 4.79 Å². The van der Waals surface area contributed by atoms with Crippen LogP contribution in [0.4, 0.5) is 0 Å². The molecule has 1 N–H and O–H groups in total. The highest BCUT2D eigenvalue weighted by Crippen LogP contribution is 2.40. The van der Waals surface area contributed by atoms with Gasteiger partial charge < -0.3 is 0 Å². The van der Waals surface area contributed by atoms with Gasteiger partial charge in [0, 0.05) is 5.92 Å². The third kappa shape index (κ3) is 3.88. The molecule has 0 spiro atoms. The van der Waals surface area contributed by atoms with Gasteiger partial charge in [0.15, 0.2) is 0 Å². The molecule has 114 valence electrons. The lowest BCUT2D eigenvalue weighted by Crippen LogP contribution is -2.17. The molecule has 5 heteroatoms. The second kappa shape index (κ2) is 6.80. The van der Waals surface area contributed by atoms with Crippen molar-refractivity contribution in [3.63, 3.8) is 0 Å². The van der Waals surface area contributed by atoms with Gasteiger partial charge in [-0.15, -0.1) is 0 Å². The molecular weight excluding hydrogens is 325 g/mol. The van der Waals surface area contributed by atoms with Crippen LogP contribution in [0.15, 0.2) is 17.0 Å². The smallest absolute Gasteiger partial charge is 0.233 e. The van der Waals surface area contributed by atoms with E-state index in [-0.39, 0.29) is 11.8 Å². The number of rotatable bonds is 4. The number of halogens is 2. The maximum Gasteiger partial charge on any atom is 0.233 e. The maximum atomic E-state index is 11.7. The van der Waals surface area contributed by atoms with Crippen LogP contribution in [-0.4, -0.2) is 5.91 Å². The Morgan fingerprint density at radius 1 is 1.05 bits per heavy atom. The van der Waals surface area contributed by atoms with Crippen LogP contribution in [0.3, 0.4) is 0 Å². The first-order chi connectivity index (χ1) is 10.1. The van der Waals surface area contributed by atoms with Gasteiger partial charge >= 0.3 is 0 Å². The summed E-state index contributed by atoms with van der Waals surface area (Å²) < 4.78 is 2.85. The summed E-state index contributed by atoms with van der Waals surface area (Å²) in [6.45, 7) is 0. The Hall–Kier alpha value is -0.380. The van der Waals surface area contributed by atoms with Gasteiger partial charge in [-0.2, -0.15) is 0 Å². The van der Waals surface area contributed by atoms with E-state index in [9.17, 15) is 4.79 Å². The van der Waals surface area contributed by atoms with Crippen molar-refractivity contribution in [1.82, 2.24) is 4.72 Å². The van der Waals surface area contributed by atoms with Crippen LogP contribution < -0.4 is 4.72 Å². The molecular formula is C16H19Cl2NOS. The van der Waals surface area contributed by atoms with Crippen molar-refractivity contribution in [3.8, 4) is 0 Å². The first-order valence-electron chi connectivity index (χ1n) is 7.61. The average Bonchev–Trinajstić information content (AvgIpc) is 3.31. The van der Waals surface area contributed by atoms with Gasteiger partial charge in [-0.3, -0.25) is 9.52 Å². The van der Waals surface area contributed by atoms with Gasteiger partial charge in [0.05, 0.1) is 14.9 Å². The summed E-state index contributed by atoms with van der Waals surface area (Å²) in [5.41, 5.74) is 1.24. The fourth-order valence-electron chi connectivity index (χ4n) is 2.88. The molecule has 0 unspecified atom stereocenters. The second-order valence-corrected chi connectivity index (χ2v) is 7.62. The van der Waals surface area contributed by atoms with Crippen molar-refractivity contribution in [2.45, 2.75) is 55.8 Å². The standard InChI is InChI=1S/C16H19Cl2NOS/c17-13-8-12(10-4-2-1-3-5-10)9-14(18)15(13)21-19-16(20)11-6-7-11/h8-11H,1-7H2,(H,19,20). The molecule has 2 nitrogen and oxygen atoms in total. The minimum absolute atomic E-state index is 0.0866. The van der Waals surface area contributed by atoms with E-state index in [2.05, 4.69) is 4.72 Å². The van der Waals surface area contributed by atoms with Crippen LogP contribution in [0.2, 0.25) is 10.0 Å². The molecule has 0 aromatic heterocycles. The number of hydrogen-bond acceptors (Lipinski definition) is 2. The molecule has 2 aliphatic carbocycles. The predicted molar refractivity (Wildman–Crippen MR) is 89.0 cm³/mol. The quantitative estimate of drug-likeness (QED) is 0.723. The minimum atomic E-state index is 0.0866. The summed E-state index contributed by atoms with van der Waals surface area (Å²) in [5, 5.41) is 1.29. The van der Waals surface area contributed by atoms with Crippen molar-refractivity contribution >= 4 is 41.1 Å². The zero-order valence-electron chi connectivity index (χ0n) is 11.8. The Balaban J connectivity index is 1.70. The monoisotopic (exact) mass is 343 g/mol. The zero-order valence-corrected chi connectivity index (χ0v) is 14.2. The van der Waals surface area contributed by atoms with Crippen molar-refractivity contribution in [2.24, 2.45) is 5.92 Å². The average molecular weight is 344 g/mol. The largest absolute Gasteiger partial charge is 0.296 e. The van der Waals surface area contributed by atoms with E-state index < -0.39 is 0 Å². The lowest BCUT2D eigenvalue weighted by Gasteiger charge is -2.23. The Labute approximate surface area is 140 Å². The van der Waals surface area contributed by atoms with Gasteiger partial charge in [0.2, 0.25) is 5.91 Å². The molecule has 0 saturated heterocycles. The van der Waals surface area contributed by atoms with E-state index in [0.29, 0.717) is 16.0 Å². The highest BCUT2D eigenvalue weighted by Gasteiger charge is 2.30. The first kappa shape index (κ1) is 15.5. The summed E-state index contributed by atoms with van der Waals surface area (Å²) in [6.07, 6.45) is 8.33. The third-order valence-electron chi connectivity index (χ3n) is 4.30. The van der Waals surface area contributed by atoms with E-state index in [1.165, 1.54) is 49.6 Å². The number of nitrogens with one attached hydrogen (secondary N) is 1. The van der Waals surface area contributed by atoms with E-state index in [4.69, 9.17) is 23.2 Å². The van der Waals surface area contributed by atoms with Gasteiger partial charge in [-0.05, 0) is 61.2 Å². The summed E-state index contributed by atoms with van der Waals surface area (Å²) >= 11 is 14.0. The third-order valence-corrected chi connectivity index (χ3v) is 6.07. The number of carbonyl (C=O) groups excluding carboxylic acids is 1. The van der Waals surface area contributed by atoms with Crippen molar-refractivity contribution < 1.29 is 4.79 Å². The van der Waals surface area contributed by atoms with Crippen LogP contribution in [0.1, 0.15) is 56.4 Å². The van der Waals surface area contributed by atoms with E-state index >= 15 is 0 Å². The molecule has 0 atom stereocenters. The van der Waals surface area contributed by atoms with Crippen LogP contribution in [0.5, 0.6) is 0 Å². The Morgan fingerprint density at radius 3 is 2.24 bits per heavy atom. The van der Waals surface area contributed by atoms with E-state index in [0.717, 1.165) is 17.7 Å². The maximum absolute atomic E-state index is 11.7. The highest BCUT2D eigenvalue weighted by atomic mass is 35.5. The Kier molecular flexibility index (Phi) is 5.03. The molecule has 0 heterocycles. The predicted octanol–water partition coefficient (Wildman–Crippen LogP) is 5.57. The molecule has 0 radical (unpaired) electrons. The SMILES string of the molecule is O=C(NSc1c(Cl)cc(C2CCCCC2)cc1Cl)C1CC1. The van der Waals surface area contributed by atoms with Crippen molar-refractivity contribution in [1.29, 1.82) is 0 Å². The molecule has 3 rings (SSSR count). The number of hydrogen-bond donors (Lipinski definition) is 1. The molecule has 2 aliphatic rings. The van der Waals surface area contributed by atoms with Crippen LogP contribution in [0.25, 0.3) is 0 Å². The second-order valence-electron chi connectivity index (χ2n) is 5.99. The van der Waals surface area contributed by atoms with Crippen LogP contribution in [0, 0.1) is 5.92 Å². The van der Waals surface area contributed by atoms with Gasteiger partial charge in [-0.1, -0.05) is 42.5 Å². The lowest BCUT2D eigenvalue weighted by molar-refractivity contribution is -0.120. The zero-order chi connectivity index (χ0) is 14.8. The van der Waals surface area contributed by atoms with Crippen molar-refractivity contribution in [2.75, 3.05) is 0 Å². The summed E-state index contributed by atoms with van der Waals surface area (Å²) in [5.74, 6) is 0.855. The lowest BCUT2D eigenvalue weighted by atomic mass is 9.84. The molecule has 0 bridgehead atoms. The topological polar surface area (TPSA) is 29.1 Å². The Morgan fingerprint density at radius 2 is 1.67 bits per heavy atom. The summed E-state index contributed by atoms with van der Waals surface area (Å²) in [7, 11) is 0. The number of amides is 1. The molecule has 1 aromatic rings. The fraction of sp³-hybridized carbons (Fsp3) is 0.562. The fourth-order valence-corrected chi connectivity index (χ4v) is 4.30. The highest BCUT2D eigenvalue weighted by molar-refractivity contribution is 7.98.